The highest BCUT2D eigenvalue weighted by Crippen LogP contribution is 2.25. The molecule has 146 valence electrons. The van der Waals surface area contributed by atoms with Gasteiger partial charge in [-0.2, -0.15) is 0 Å². The summed E-state index contributed by atoms with van der Waals surface area (Å²) in [6, 6.07) is 7.44. The molecule has 0 fully saturated rings. The summed E-state index contributed by atoms with van der Waals surface area (Å²) in [6.07, 6.45) is 0. The third-order valence-electron chi connectivity index (χ3n) is 4.74. The first kappa shape index (κ1) is 20.9. The lowest BCUT2D eigenvalue weighted by molar-refractivity contribution is -0.123. The van der Waals surface area contributed by atoms with E-state index in [0.29, 0.717) is 16.9 Å². The van der Waals surface area contributed by atoms with Gasteiger partial charge in [0, 0.05) is 0 Å². The number of aryl methyl sites for hydroxylation is 4. The fourth-order valence-electron chi connectivity index (χ4n) is 2.75. The molecule has 0 saturated carbocycles. The van der Waals surface area contributed by atoms with Gasteiger partial charge in [0.05, 0.1) is 4.90 Å². The number of rotatable bonds is 6. The Hall–Kier alpha value is -2.38. The van der Waals surface area contributed by atoms with E-state index in [4.69, 9.17) is 4.74 Å². The molecule has 0 unspecified atom stereocenters. The predicted octanol–water partition coefficient (Wildman–Crippen LogP) is 2.93. The van der Waals surface area contributed by atoms with Crippen molar-refractivity contribution in [2.75, 3.05) is 6.61 Å². The summed E-state index contributed by atoms with van der Waals surface area (Å²) in [5.74, 6) is -0.0337. The highest BCUT2D eigenvalue weighted by molar-refractivity contribution is 7.89. The number of benzene rings is 2. The number of nitrogens with one attached hydrogen (secondary N) is 2. The maximum Gasteiger partial charge on any atom is 0.272 e. The van der Waals surface area contributed by atoms with Crippen molar-refractivity contribution in [2.24, 2.45) is 0 Å². The van der Waals surface area contributed by atoms with E-state index in [1.165, 1.54) is 0 Å². The van der Waals surface area contributed by atoms with Crippen LogP contribution in [0.1, 0.15) is 33.4 Å². The summed E-state index contributed by atoms with van der Waals surface area (Å²) in [5, 5.41) is 0. The number of hydrogen-bond acceptors (Lipinski definition) is 4. The Bertz CT molecular complexity index is 956. The summed E-state index contributed by atoms with van der Waals surface area (Å²) in [5.41, 5.74) is 7.46. The predicted molar refractivity (Wildman–Crippen MR) is 105 cm³/mol. The van der Waals surface area contributed by atoms with Gasteiger partial charge in [-0.05, 0) is 87.1 Å². The van der Waals surface area contributed by atoms with Gasteiger partial charge in [-0.1, -0.05) is 12.1 Å². The molecule has 7 heteroatoms. The van der Waals surface area contributed by atoms with Crippen LogP contribution in [-0.4, -0.2) is 20.9 Å². The molecule has 0 saturated heterocycles. The van der Waals surface area contributed by atoms with Gasteiger partial charge in [0.15, 0.2) is 6.61 Å². The van der Waals surface area contributed by atoms with Crippen molar-refractivity contribution in [3.8, 4) is 5.75 Å². The Morgan fingerprint density at radius 1 is 0.889 bits per heavy atom. The largest absolute Gasteiger partial charge is 0.484 e. The zero-order valence-electron chi connectivity index (χ0n) is 16.6. The Morgan fingerprint density at radius 2 is 1.48 bits per heavy atom. The molecule has 0 bridgehead atoms. The fourth-order valence-corrected chi connectivity index (χ4v) is 4.23. The minimum atomic E-state index is -3.89. The van der Waals surface area contributed by atoms with E-state index in [2.05, 4.69) is 10.3 Å². The third kappa shape index (κ3) is 4.87. The second-order valence-electron chi connectivity index (χ2n) is 6.78. The van der Waals surface area contributed by atoms with Crippen LogP contribution in [0.2, 0.25) is 0 Å². The van der Waals surface area contributed by atoms with Crippen LogP contribution in [0.25, 0.3) is 0 Å². The average Bonchev–Trinajstić information content (AvgIpc) is 2.59. The van der Waals surface area contributed by atoms with Crippen LogP contribution in [0, 0.1) is 41.5 Å². The van der Waals surface area contributed by atoms with E-state index in [1.54, 1.807) is 19.9 Å². The quantitative estimate of drug-likeness (QED) is 0.743. The first-order valence-electron chi connectivity index (χ1n) is 8.61. The first-order chi connectivity index (χ1) is 12.5. The van der Waals surface area contributed by atoms with Crippen LogP contribution in [0.5, 0.6) is 5.75 Å². The molecule has 0 aliphatic carbocycles. The summed E-state index contributed by atoms with van der Waals surface area (Å²) in [6.45, 7) is 10.9. The molecule has 0 aliphatic heterocycles. The molecule has 2 rings (SSSR count). The lowest BCUT2D eigenvalue weighted by atomic mass is 10.0. The molecule has 0 spiro atoms. The standard InChI is InChI=1S/C20H26N2O4S/c1-12-7-8-18(10-13(12)2)26-11-19(23)21-22-27(24,25)20-16(5)14(3)9-15(4)17(20)6/h7-10,22H,11H2,1-6H3,(H,21,23). The number of hydrogen-bond donors (Lipinski definition) is 2. The van der Waals surface area contributed by atoms with Crippen LogP contribution in [0.3, 0.4) is 0 Å². The molecule has 6 nitrogen and oxygen atoms in total. The van der Waals surface area contributed by atoms with Gasteiger partial charge in [-0.3, -0.25) is 10.2 Å². The van der Waals surface area contributed by atoms with E-state index in [9.17, 15) is 13.2 Å². The maximum absolute atomic E-state index is 12.7. The SMILES string of the molecule is Cc1ccc(OCC(=O)NNS(=O)(=O)c2c(C)c(C)cc(C)c2C)cc1C. The van der Waals surface area contributed by atoms with Crippen molar-refractivity contribution >= 4 is 15.9 Å². The van der Waals surface area contributed by atoms with Gasteiger partial charge in [-0.25, -0.2) is 8.42 Å². The Labute approximate surface area is 161 Å². The molecule has 2 N–H and O–H groups in total. The minimum Gasteiger partial charge on any atom is -0.484 e. The molecule has 1 amide bonds. The topological polar surface area (TPSA) is 84.5 Å². The monoisotopic (exact) mass is 390 g/mol. The van der Waals surface area contributed by atoms with E-state index < -0.39 is 15.9 Å². The van der Waals surface area contributed by atoms with Gasteiger partial charge < -0.3 is 4.74 Å². The van der Waals surface area contributed by atoms with Crippen LogP contribution >= 0.6 is 0 Å². The van der Waals surface area contributed by atoms with E-state index in [0.717, 1.165) is 22.3 Å². The average molecular weight is 391 g/mol. The first-order valence-corrected chi connectivity index (χ1v) is 10.1. The zero-order chi connectivity index (χ0) is 20.4. The van der Waals surface area contributed by atoms with Crippen LogP contribution in [-0.2, 0) is 14.8 Å². The van der Waals surface area contributed by atoms with Crippen LogP contribution < -0.4 is 15.0 Å². The van der Waals surface area contributed by atoms with E-state index >= 15 is 0 Å². The normalized spacial score (nSPS) is 11.3. The number of amides is 1. The van der Waals surface area contributed by atoms with Gasteiger partial charge >= 0.3 is 0 Å². The van der Waals surface area contributed by atoms with E-state index in [1.807, 2.05) is 45.9 Å². The van der Waals surface area contributed by atoms with Gasteiger partial charge in [-0.15, -0.1) is 4.83 Å². The molecule has 0 aromatic heterocycles. The molecule has 0 aliphatic rings. The van der Waals surface area contributed by atoms with Crippen molar-refractivity contribution in [2.45, 2.75) is 46.4 Å². The summed E-state index contributed by atoms with van der Waals surface area (Å²) in [7, 11) is -3.89. The number of carbonyl (C=O) groups excluding carboxylic acids is 1. The third-order valence-corrected chi connectivity index (χ3v) is 6.26. The second-order valence-corrected chi connectivity index (χ2v) is 8.40. The lowest BCUT2D eigenvalue weighted by Gasteiger charge is -2.16. The maximum atomic E-state index is 12.7. The van der Waals surface area contributed by atoms with Crippen molar-refractivity contribution in [1.29, 1.82) is 0 Å². The molecular formula is C20H26N2O4S. The van der Waals surface area contributed by atoms with Gasteiger partial charge in [0.2, 0.25) is 0 Å². The minimum absolute atomic E-state index is 0.190. The number of hydrazine groups is 1. The van der Waals surface area contributed by atoms with Gasteiger partial charge in [0.25, 0.3) is 15.9 Å². The van der Waals surface area contributed by atoms with Crippen molar-refractivity contribution in [1.82, 2.24) is 10.3 Å². The number of ether oxygens (including phenoxy) is 1. The Morgan fingerprint density at radius 3 is 2.04 bits per heavy atom. The smallest absolute Gasteiger partial charge is 0.272 e. The van der Waals surface area contributed by atoms with Crippen LogP contribution in [0.15, 0.2) is 29.2 Å². The highest BCUT2D eigenvalue weighted by atomic mass is 32.2. The molecule has 0 heterocycles. The van der Waals surface area contributed by atoms with Crippen molar-refractivity contribution in [3.63, 3.8) is 0 Å². The van der Waals surface area contributed by atoms with Gasteiger partial charge in [0.1, 0.15) is 5.75 Å². The lowest BCUT2D eigenvalue weighted by Crippen LogP contribution is -2.44. The number of carbonyl (C=O) groups is 1. The molecular weight excluding hydrogens is 364 g/mol. The Kier molecular flexibility index (Phi) is 6.28. The molecule has 27 heavy (non-hydrogen) atoms. The summed E-state index contributed by atoms with van der Waals surface area (Å²) >= 11 is 0. The van der Waals surface area contributed by atoms with Crippen LogP contribution in [0.4, 0.5) is 0 Å². The summed E-state index contributed by atoms with van der Waals surface area (Å²) < 4.78 is 30.8. The molecule has 2 aromatic carbocycles. The summed E-state index contributed by atoms with van der Waals surface area (Å²) in [4.78, 5) is 14.3. The fraction of sp³-hybridized carbons (Fsp3) is 0.350. The zero-order valence-corrected chi connectivity index (χ0v) is 17.4. The highest BCUT2D eigenvalue weighted by Gasteiger charge is 2.22. The number of sulfonamides is 1. The van der Waals surface area contributed by atoms with Crippen molar-refractivity contribution < 1.29 is 17.9 Å². The Balaban J connectivity index is 2.05. The molecule has 0 atom stereocenters. The van der Waals surface area contributed by atoms with E-state index in [-0.39, 0.29) is 11.5 Å². The molecule has 2 aromatic rings. The molecule has 0 radical (unpaired) electrons. The van der Waals surface area contributed by atoms with Crippen molar-refractivity contribution in [3.05, 3.63) is 57.6 Å². The second kappa shape index (κ2) is 8.10.